The fourth-order valence-electron chi connectivity index (χ4n) is 4.21. The maximum Gasteiger partial charge on any atom is 0.150 e. The van der Waals surface area contributed by atoms with Gasteiger partial charge in [0, 0.05) is 42.8 Å². The molecule has 0 radical (unpaired) electrons. The number of rotatable bonds is 2. The van der Waals surface area contributed by atoms with E-state index in [9.17, 15) is 8.78 Å². The van der Waals surface area contributed by atoms with Crippen molar-refractivity contribution < 1.29 is 8.78 Å². The van der Waals surface area contributed by atoms with Crippen molar-refractivity contribution >= 4 is 5.82 Å². The van der Waals surface area contributed by atoms with E-state index in [0.717, 1.165) is 37.0 Å². The van der Waals surface area contributed by atoms with E-state index in [2.05, 4.69) is 15.1 Å². The van der Waals surface area contributed by atoms with Crippen LogP contribution < -0.4 is 11.5 Å². The second-order valence-corrected chi connectivity index (χ2v) is 7.07. The van der Waals surface area contributed by atoms with Crippen LogP contribution in [0.1, 0.15) is 29.3 Å². The predicted octanol–water partition coefficient (Wildman–Crippen LogP) is 1.36. The van der Waals surface area contributed by atoms with Crippen LogP contribution >= 0.6 is 0 Å². The SMILES string of the molecule is CN1CC(N2Cc3[nH]nc(N)c3C2)CC(N)C1c1cc(F)ccc1F. The molecule has 2 aliphatic heterocycles. The van der Waals surface area contributed by atoms with E-state index in [0.29, 0.717) is 17.8 Å². The minimum atomic E-state index is -0.444. The molecule has 4 rings (SSSR count). The number of hydrogen-bond acceptors (Lipinski definition) is 5. The number of H-pyrrole nitrogens is 1. The first-order valence-corrected chi connectivity index (χ1v) is 8.40. The number of benzene rings is 1. The molecule has 2 aliphatic rings. The average molecular weight is 348 g/mol. The van der Waals surface area contributed by atoms with Gasteiger partial charge in [-0.05, 0) is 31.7 Å². The molecule has 3 unspecified atom stereocenters. The Bertz CT molecular complexity index is 779. The van der Waals surface area contributed by atoms with Crippen molar-refractivity contribution in [2.75, 3.05) is 19.3 Å². The number of nitrogens with one attached hydrogen (secondary N) is 1. The molecule has 3 heterocycles. The molecule has 2 aromatic rings. The summed E-state index contributed by atoms with van der Waals surface area (Å²) >= 11 is 0. The van der Waals surface area contributed by atoms with E-state index >= 15 is 0 Å². The number of likely N-dealkylation sites (N-methyl/N-ethyl adjacent to an activating group) is 1. The highest BCUT2D eigenvalue weighted by Gasteiger charge is 2.39. The Hall–Kier alpha value is -2.03. The Morgan fingerprint density at radius 1 is 1.28 bits per heavy atom. The zero-order valence-electron chi connectivity index (χ0n) is 14.0. The maximum absolute atomic E-state index is 14.2. The van der Waals surface area contributed by atoms with Gasteiger partial charge in [-0.15, -0.1) is 0 Å². The number of aromatic amines is 1. The van der Waals surface area contributed by atoms with Crippen LogP contribution in [0.5, 0.6) is 0 Å². The third-order valence-corrected chi connectivity index (χ3v) is 5.42. The fourth-order valence-corrected chi connectivity index (χ4v) is 4.21. The van der Waals surface area contributed by atoms with Gasteiger partial charge in [0.2, 0.25) is 0 Å². The molecule has 1 aromatic carbocycles. The smallest absolute Gasteiger partial charge is 0.150 e. The van der Waals surface area contributed by atoms with E-state index in [-0.39, 0.29) is 18.1 Å². The number of nitrogens with zero attached hydrogens (tertiary/aromatic N) is 3. The number of aromatic nitrogens is 2. The van der Waals surface area contributed by atoms with Gasteiger partial charge >= 0.3 is 0 Å². The highest BCUT2D eigenvalue weighted by Crippen LogP contribution is 2.35. The first kappa shape index (κ1) is 16.4. The minimum Gasteiger partial charge on any atom is -0.382 e. The molecule has 6 nitrogen and oxygen atoms in total. The summed E-state index contributed by atoms with van der Waals surface area (Å²) in [6.45, 7) is 2.22. The summed E-state index contributed by atoms with van der Waals surface area (Å²) in [5.74, 6) is -0.312. The highest BCUT2D eigenvalue weighted by atomic mass is 19.1. The molecule has 1 saturated heterocycles. The molecular weight excluding hydrogens is 326 g/mol. The van der Waals surface area contributed by atoms with Crippen LogP contribution in [0.3, 0.4) is 0 Å². The third kappa shape index (κ3) is 2.80. The number of fused-ring (bicyclic) bond motifs is 1. The fraction of sp³-hybridized carbons (Fsp3) is 0.471. The van der Waals surface area contributed by atoms with Gasteiger partial charge in [-0.3, -0.25) is 14.9 Å². The predicted molar refractivity (Wildman–Crippen MR) is 90.4 cm³/mol. The monoisotopic (exact) mass is 348 g/mol. The van der Waals surface area contributed by atoms with E-state index in [4.69, 9.17) is 11.5 Å². The molecule has 0 amide bonds. The zero-order chi connectivity index (χ0) is 17.7. The molecule has 1 fully saturated rings. The van der Waals surface area contributed by atoms with Gasteiger partial charge in [-0.2, -0.15) is 5.10 Å². The summed E-state index contributed by atoms with van der Waals surface area (Å²) in [6.07, 6.45) is 0.711. The highest BCUT2D eigenvalue weighted by molar-refractivity contribution is 5.44. The summed E-state index contributed by atoms with van der Waals surface area (Å²) in [5.41, 5.74) is 14.7. The van der Waals surface area contributed by atoms with Gasteiger partial charge in [-0.1, -0.05) is 0 Å². The van der Waals surface area contributed by atoms with Crippen LogP contribution in [0.25, 0.3) is 0 Å². The van der Waals surface area contributed by atoms with Crippen molar-refractivity contribution in [2.45, 2.75) is 37.6 Å². The number of piperidine rings is 1. The number of anilines is 1. The van der Waals surface area contributed by atoms with Gasteiger partial charge in [0.05, 0.1) is 11.7 Å². The molecule has 8 heteroatoms. The Morgan fingerprint density at radius 3 is 2.80 bits per heavy atom. The van der Waals surface area contributed by atoms with Crippen molar-refractivity contribution in [2.24, 2.45) is 5.73 Å². The van der Waals surface area contributed by atoms with Crippen LogP contribution in [0.2, 0.25) is 0 Å². The van der Waals surface area contributed by atoms with Gasteiger partial charge in [0.1, 0.15) is 17.5 Å². The summed E-state index contributed by atoms with van der Waals surface area (Å²) < 4.78 is 27.8. The topological polar surface area (TPSA) is 87.2 Å². The molecule has 0 saturated carbocycles. The van der Waals surface area contributed by atoms with Crippen LogP contribution in [-0.4, -0.2) is 45.7 Å². The normalized spacial score (nSPS) is 27.6. The number of nitrogens with two attached hydrogens (primary N) is 2. The summed E-state index contributed by atoms with van der Waals surface area (Å²) in [4.78, 5) is 4.33. The first-order valence-electron chi connectivity index (χ1n) is 8.40. The number of hydrogen-bond donors (Lipinski definition) is 3. The zero-order valence-corrected chi connectivity index (χ0v) is 14.0. The molecular formula is C17H22F2N6. The number of nitrogen functional groups attached to an aromatic ring is 1. The maximum atomic E-state index is 14.2. The van der Waals surface area contributed by atoms with Gasteiger partial charge < -0.3 is 11.5 Å². The lowest BCUT2D eigenvalue weighted by Gasteiger charge is -2.44. The first-order chi connectivity index (χ1) is 11.9. The third-order valence-electron chi connectivity index (χ3n) is 5.42. The van der Waals surface area contributed by atoms with Gasteiger partial charge in [0.15, 0.2) is 0 Å². The van der Waals surface area contributed by atoms with Crippen LogP contribution in [0.4, 0.5) is 14.6 Å². The van der Waals surface area contributed by atoms with Gasteiger partial charge in [-0.25, -0.2) is 8.78 Å². The minimum absolute atomic E-state index is 0.230. The van der Waals surface area contributed by atoms with Crippen molar-refractivity contribution in [3.05, 3.63) is 46.7 Å². The summed E-state index contributed by atoms with van der Waals surface area (Å²) in [7, 11) is 1.91. The van der Waals surface area contributed by atoms with E-state index in [1.807, 2.05) is 11.9 Å². The van der Waals surface area contributed by atoms with Gasteiger partial charge in [0.25, 0.3) is 0 Å². The van der Waals surface area contributed by atoms with Crippen molar-refractivity contribution in [3.63, 3.8) is 0 Å². The second-order valence-electron chi connectivity index (χ2n) is 7.07. The van der Waals surface area contributed by atoms with E-state index in [1.54, 1.807) is 0 Å². The van der Waals surface area contributed by atoms with Crippen molar-refractivity contribution in [1.29, 1.82) is 0 Å². The lowest BCUT2D eigenvalue weighted by atomic mass is 9.88. The molecule has 5 N–H and O–H groups in total. The Balaban J connectivity index is 1.52. The molecule has 0 aliphatic carbocycles. The molecule has 25 heavy (non-hydrogen) atoms. The Labute approximate surface area is 144 Å². The summed E-state index contributed by atoms with van der Waals surface area (Å²) in [6, 6.07) is 3.16. The number of halogens is 2. The lowest BCUT2D eigenvalue weighted by molar-refractivity contribution is 0.0587. The Kier molecular flexibility index (Phi) is 3.98. The standard InChI is InChI=1S/C17H22F2N6/c1-24-6-10(25-7-12-15(8-25)22-23-17(12)21)5-14(20)16(24)11-4-9(18)2-3-13(11)19/h2-4,10,14,16H,5-8,20H2,1H3,(H3,21,22,23). The average Bonchev–Trinajstić information content (AvgIpc) is 3.12. The van der Waals surface area contributed by atoms with Crippen LogP contribution in [-0.2, 0) is 13.1 Å². The van der Waals surface area contributed by atoms with Crippen molar-refractivity contribution in [3.8, 4) is 0 Å². The molecule has 0 bridgehead atoms. The van der Waals surface area contributed by atoms with E-state index in [1.165, 1.54) is 12.1 Å². The molecule has 134 valence electrons. The van der Waals surface area contributed by atoms with Crippen molar-refractivity contribution in [1.82, 2.24) is 20.0 Å². The number of likely N-dealkylation sites (tertiary alicyclic amines) is 1. The second kappa shape index (κ2) is 6.05. The lowest BCUT2D eigenvalue weighted by Crippen LogP contribution is -2.54. The van der Waals surface area contributed by atoms with Crippen LogP contribution in [0, 0.1) is 11.6 Å². The molecule has 3 atom stereocenters. The molecule has 0 spiro atoms. The quantitative estimate of drug-likeness (QED) is 0.763. The summed E-state index contributed by atoms with van der Waals surface area (Å²) in [5, 5.41) is 7.00. The Morgan fingerprint density at radius 2 is 2.08 bits per heavy atom. The van der Waals surface area contributed by atoms with Crippen LogP contribution in [0.15, 0.2) is 18.2 Å². The molecule has 1 aromatic heterocycles. The van der Waals surface area contributed by atoms with E-state index < -0.39 is 11.6 Å². The largest absolute Gasteiger partial charge is 0.382 e.